The van der Waals surface area contributed by atoms with Gasteiger partial charge < -0.3 is 4.74 Å². The van der Waals surface area contributed by atoms with E-state index in [1.54, 1.807) is 24.3 Å². The lowest BCUT2D eigenvalue weighted by Gasteiger charge is -2.09. The van der Waals surface area contributed by atoms with Crippen molar-refractivity contribution in [3.63, 3.8) is 0 Å². The second-order valence-electron chi connectivity index (χ2n) is 4.79. The topological polar surface area (TPSA) is 49.8 Å². The predicted molar refractivity (Wildman–Crippen MR) is 80.6 cm³/mol. The molecule has 0 aliphatic carbocycles. The monoisotopic (exact) mass is 285 g/mol. The second-order valence-corrected chi connectivity index (χ2v) is 4.79. The molecule has 0 saturated carbocycles. The average Bonchev–Trinajstić information content (AvgIpc) is 2.52. The van der Waals surface area contributed by atoms with Crippen LogP contribution in [0.25, 0.3) is 0 Å². The van der Waals surface area contributed by atoms with Crippen LogP contribution in [0.3, 0.4) is 0 Å². The molecule has 0 fully saturated rings. The fourth-order valence-electron chi connectivity index (χ4n) is 1.99. The van der Waals surface area contributed by atoms with Crippen molar-refractivity contribution in [1.29, 1.82) is 0 Å². The number of hydrogen-bond acceptors (Lipinski definition) is 3. The quantitative estimate of drug-likeness (QED) is 0.504. The highest BCUT2D eigenvalue weighted by atomic mass is 16.5. The molecule has 2 aromatic rings. The van der Waals surface area contributed by atoms with E-state index in [1.807, 2.05) is 18.2 Å². The summed E-state index contributed by atoms with van der Waals surface area (Å²) in [6.07, 6.45) is 1.91. The number of amides is 1. The Morgan fingerprint density at radius 1 is 1.10 bits per heavy atom. The third-order valence-corrected chi connectivity index (χ3v) is 3.12. The van der Waals surface area contributed by atoms with E-state index in [4.69, 9.17) is 9.94 Å². The number of hydrogen-bond donors (Lipinski definition) is 1. The third kappa shape index (κ3) is 4.61. The largest absolute Gasteiger partial charge is 0.494 e. The summed E-state index contributed by atoms with van der Waals surface area (Å²) in [6.45, 7) is 0.627. The van der Waals surface area contributed by atoms with Crippen molar-refractivity contribution in [3.8, 4) is 5.75 Å². The van der Waals surface area contributed by atoms with Gasteiger partial charge in [0.05, 0.1) is 6.61 Å². The molecule has 2 rings (SSSR count). The number of nitrogens with zero attached hydrogens (tertiary/aromatic N) is 1. The molecule has 4 nitrogen and oxygen atoms in total. The molecule has 1 N–H and O–H groups in total. The molecular weight excluding hydrogens is 266 g/mol. The molecule has 0 heterocycles. The van der Waals surface area contributed by atoms with Gasteiger partial charge in [0.1, 0.15) is 5.75 Å². The first-order chi connectivity index (χ1) is 10.2. The Morgan fingerprint density at radius 3 is 2.38 bits per heavy atom. The number of hydroxylamine groups is 2. The Kier molecular flexibility index (Phi) is 5.35. The van der Waals surface area contributed by atoms with Gasteiger partial charge in [0, 0.05) is 12.6 Å². The van der Waals surface area contributed by atoms with Crippen LogP contribution in [0.2, 0.25) is 0 Å². The zero-order chi connectivity index (χ0) is 15.1. The normalized spacial score (nSPS) is 10.2. The lowest BCUT2D eigenvalue weighted by Crippen LogP contribution is -2.22. The highest BCUT2D eigenvalue weighted by Gasteiger charge is 2.08. The molecule has 0 atom stereocenters. The van der Waals surface area contributed by atoms with Crippen LogP contribution >= 0.6 is 0 Å². The van der Waals surface area contributed by atoms with Gasteiger partial charge in [-0.15, -0.1) is 0 Å². The average molecular weight is 285 g/mol. The van der Waals surface area contributed by atoms with Crippen LogP contribution in [0, 0.1) is 0 Å². The number of carbonyl (C=O) groups excluding carboxylic acids is 1. The maximum absolute atomic E-state index is 11.5. The van der Waals surface area contributed by atoms with Crippen LogP contribution in [0.5, 0.6) is 5.75 Å². The summed E-state index contributed by atoms with van der Waals surface area (Å²) in [5.41, 5.74) is 1.73. The highest BCUT2D eigenvalue weighted by Crippen LogP contribution is 2.14. The fraction of sp³-hybridized carbons (Fsp3) is 0.235. The summed E-state index contributed by atoms with van der Waals surface area (Å²) in [5.74, 6) is 0.283. The van der Waals surface area contributed by atoms with E-state index < -0.39 is 5.91 Å². The molecule has 0 bridgehead atoms. The molecule has 21 heavy (non-hydrogen) atoms. The molecule has 2 aromatic carbocycles. The summed E-state index contributed by atoms with van der Waals surface area (Å²) < 4.78 is 5.64. The second kappa shape index (κ2) is 7.45. The van der Waals surface area contributed by atoms with Crippen LogP contribution in [0.4, 0.5) is 0 Å². The smallest absolute Gasteiger partial charge is 0.276 e. The third-order valence-electron chi connectivity index (χ3n) is 3.12. The Morgan fingerprint density at radius 2 is 1.76 bits per heavy atom. The van der Waals surface area contributed by atoms with Gasteiger partial charge in [-0.3, -0.25) is 10.0 Å². The maximum atomic E-state index is 11.5. The van der Waals surface area contributed by atoms with E-state index >= 15 is 0 Å². The number of carbonyl (C=O) groups is 1. The van der Waals surface area contributed by atoms with Gasteiger partial charge >= 0.3 is 0 Å². The van der Waals surface area contributed by atoms with Crippen molar-refractivity contribution in [1.82, 2.24) is 5.06 Å². The molecule has 0 radical (unpaired) electrons. The zero-order valence-corrected chi connectivity index (χ0v) is 12.0. The van der Waals surface area contributed by atoms with Crippen LogP contribution in [0.15, 0.2) is 54.6 Å². The number of ether oxygens (including phenoxy) is 1. The Hall–Kier alpha value is -2.33. The van der Waals surface area contributed by atoms with Crippen molar-refractivity contribution < 1.29 is 14.7 Å². The molecule has 0 aliphatic heterocycles. The van der Waals surface area contributed by atoms with Crippen molar-refractivity contribution in [2.75, 3.05) is 13.7 Å². The molecule has 0 saturated heterocycles. The predicted octanol–water partition coefficient (Wildman–Crippen LogP) is 3.16. The first-order valence-electron chi connectivity index (χ1n) is 6.90. The first kappa shape index (κ1) is 15.1. The van der Waals surface area contributed by atoms with E-state index in [2.05, 4.69) is 12.1 Å². The molecule has 4 heteroatoms. The van der Waals surface area contributed by atoms with E-state index in [9.17, 15) is 4.79 Å². The van der Waals surface area contributed by atoms with Gasteiger partial charge in [0.2, 0.25) is 0 Å². The number of aryl methyl sites for hydroxylation is 1. The molecule has 1 amide bonds. The molecule has 0 unspecified atom stereocenters. The van der Waals surface area contributed by atoms with E-state index in [1.165, 1.54) is 12.6 Å². The SMILES string of the molecule is CN(O)C(=O)c1ccc(OCCCc2ccccc2)cc1. The highest BCUT2D eigenvalue weighted by molar-refractivity contribution is 5.93. The summed E-state index contributed by atoms with van der Waals surface area (Å²) >= 11 is 0. The lowest BCUT2D eigenvalue weighted by atomic mass is 10.1. The van der Waals surface area contributed by atoms with Crippen LogP contribution < -0.4 is 4.74 Å². The van der Waals surface area contributed by atoms with Gasteiger partial charge in [0.25, 0.3) is 5.91 Å². The zero-order valence-electron chi connectivity index (χ0n) is 12.0. The van der Waals surface area contributed by atoms with Gasteiger partial charge in [-0.1, -0.05) is 30.3 Å². The van der Waals surface area contributed by atoms with Crippen LogP contribution in [0.1, 0.15) is 22.3 Å². The molecule has 0 aromatic heterocycles. The molecule has 0 spiro atoms. The lowest BCUT2D eigenvalue weighted by molar-refractivity contribution is -0.0374. The summed E-state index contributed by atoms with van der Waals surface area (Å²) in [7, 11) is 1.30. The first-order valence-corrected chi connectivity index (χ1v) is 6.90. The number of rotatable bonds is 6. The van der Waals surface area contributed by atoms with E-state index in [0.717, 1.165) is 18.6 Å². The minimum Gasteiger partial charge on any atom is -0.494 e. The van der Waals surface area contributed by atoms with Gasteiger partial charge in [-0.05, 0) is 42.7 Å². The van der Waals surface area contributed by atoms with Crippen LogP contribution in [-0.2, 0) is 6.42 Å². The Labute approximate surface area is 124 Å². The van der Waals surface area contributed by atoms with Gasteiger partial charge in [-0.25, -0.2) is 5.06 Å². The Bertz CT molecular complexity index is 564. The minimum absolute atomic E-state index is 0.427. The Balaban J connectivity index is 1.77. The maximum Gasteiger partial charge on any atom is 0.276 e. The molecule has 110 valence electrons. The fourth-order valence-corrected chi connectivity index (χ4v) is 1.99. The van der Waals surface area contributed by atoms with E-state index in [-0.39, 0.29) is 0 Å². The van der Waals surface area contributed by atoms with Gasteiger partial charge in [-0.2, -0.15) is 0 Å². The standard InChI is InChI=1S/C17H19NO3/c1-18(20)17(19)15-9-11-16(12-10-15)21-13-5-8-14-6-3-2-4-7-14/h2-4,6-7,9-12,20H,5,8,13H2,1H3. The van der Waals surface area contributed by atoms with Crippen molar-refractivity contribution in [2.24, 2.45) is 0 Å². The van der Waals surface area contributed by atoms with Gasteiger partial charge in [0.15, 0.2) is 0 Å². The van der Waals surface area contributed by atoms with Crippen LogP contribution in [-0.4, -0.2) is 29.8 Å². The summed E-state index contributed by atoms with van der Waals surface area (Å²) in [4.78, 5) is 11.5. The molecular formula is C17H19NO3. The number of benzene rings is 2. The molecule has 0 aliphatic rings. The summed E-state index contributed by atoms with van der Waals surface area (Å²) in [5, 5.41) is 9.64. The van der Waals surface area contributed by atoms with Crippen molar-refractivity contribution in [2.45, 2.75) is 12.8 Å². The minimum atomic E-state index is -0.439. The van der Waals surface area contributed by atoms with Crippen molar-refractivity contribution >= 4 is 5.91 Å². The summed E-state index contributed by atoms with van der Waals surface area (Å²) in [6, 6.07) is 17.0. The van der Waals surface area contributed by atoms with E-state index in [0.29, 0.717) is 17.2 Å². The van der Waals surface area contributed by atoms with Crippen molar-refractivity contribution in [3.05, 3.63) is 65.7 Å².